The van der Waals surface area contributed by atoms with Crippen LogP contribution in [0.3, 0.4) is 0 Å². The molecule has 2 aromatic rings. The van der Waals surface area contributed by atoms with Gasteiger partial charge in [-0.1, -0.05) is 18.2 Å². The number of nitro benzene ring substituents is 1. The van der Waals surface area contributed by atoms with Gasteiger partial charge in [-0.05, 0) is 18.2 Å². The van der Waals surface area contributed by atoms with Crippen LogP contribution >= 0.6 is 0 Å². The van der Waals surface area contributed by atoms with Crippen molar-refractivity contribution in [1.29, 1.82) is 0 Å². The van der Waals surface area contributed by atoms with Gasteiger partial charge >= 0.3 is 6.18 Å². The van der Waals surface area contributed by atoms with Crippen molar-refractivity contribution in [2.24, 2.45) is 0 Å². The number of hydrogen-bond donors (Lipinski definition) is 2. The Kier molecular flexibility index (Phi) is 5.02. The van der Waals surface area contributed by atoms with E-state index in [4.69, 9.17) is 0 Å². The van der Waals surface area contributed by atoms with Crippen molar-refractivity contribution in [2.45, 2.75) is 6.18 Å². The third kappa shape index (κ3) is 4.70. The van der Waals surface area contributed by atoms with Gasteiger partial charge in [-0.15, -0.1) is 0 Å². The lowest BCUT2D eigenvalue weighted by molar-refractivity contribution is -0.384. The van der Waals surface area contributed by atoms with E-state index in [-0.39, 0.29) is 16.9 Å². The number of halogens is 3. The Hall–Kier alpha value is -3.10. The molecule has 0 radical (unpaired) electrons. The Morgan fingerprint density at radius 3 is 2.50 bits per heavy atom. The summed E-state index contributed by atoms with van der Waals surface area (Å²) in [5.74, 6) is -0.902. The minimum Gasteiger partial charge on any atom is -0.355 e. The molecular weight excluding hydrogens is 327 g/mol. The Labute approximate surface area is 134 Å². The molecule has 0 fully saturated rings. The third-order valence-electron chi connectivity index (χ3n) is 2.96. The number of benzene rings is 2. The second kappa shape index (κ2) is 6.99. The van der Waals surface area contributed by atoms with Crippen molar-refractivity contribution in [3.63, 3.8) is 0 Å². The highest BCUT2D eigenvalue weighted by Gasteiger charge is 2.28. The largest absolute Gasteiger partial charge is 0.405 e. The van der Waals surface area contributed by atoms with E-state index in [1.807, 2.05) is 0 Å². The average molecular weight is 339 g/mol. The SMILES string of the molecule is O=C(NCC(F)(F)F)c1ccccc1Nc1cccc([N+](=O)[O-])c1. The molecule has 1 amide bonds. The zero-order chi connectivity index (χ0) is 17.7. The van der Waals surface area contributed by atoms with Crippen molar-refractivity contribution in [3.05, 3.63) is 64.2 Å². The van der Waals surface area contributed by atoms with E-state index in [1.54, 1.807) is 11.4 Å². The van der Waals surface area contributed by atoms with E-state index in [0.29, 0.717) is 5.69 Å². The topological polar surface area (TPSA) is 84.3 Å². The number of nitrogens with zero attached hydrogens (tertiary/aromatic N) is 1. The number of nitro groups is 1. The number of alkyl halides is 3. The van der Waals surface area contributed by atoms with Crippen LogP contribution in [0.15, 0.2) is 48.5 Å². The van der Waals surface area contributed by atoms with E-state index < -0.39 is 23.6 Å². The number of para-hydroxylation sites is 1. The van der Waals surface area contributed by atoms with Gasteiger partial charge in [-0.25, -0.2) is 0 Å². The number of anilines is 2. The third-order valence-corrected chi connectivity index (χ3v) is 2.96. The lowest BCUT2D eigenvalue weighted by Crippen LogP contribution is -2.34. The summed E-state index contributed by atoms with van der Waals surface area (Å²) in [5.41, 5.74) is 0.408. The summed E-state index contributed by atoms with van der Waals surface area (Å²) in [6, 6.07) is 11.5. The summed E-state index contributed by atoms with van der Waals surface area (Å²) in [6.07, 6.45) is -4.52. The second-order valence-corrected chi connectivity index (χ2v) is 4.78. The van der Waals surface area contributed by atoms with Gasteiger partial charge in [0.25, 0.3) is 11.6 Å². The first-order chi connectivity index (χ1) is 11.3. The van der Waals surface area contributed by atoms with E-state index in [9.17, 15) is 28.1 Å². The first-order valence-electron chi connectivity index (χ1n) is 6.72. The number of carbonyl (C=O) groups excluding carboxylic acids is 1. The highest BCUT2D eigenvalue weighted by atomic mass is 19.4. The van der Waals surface area contributed by atoms with E-state index in [2.05, 4.69) is 5.32 Å². The van der Waals surface area contributed by atoms with Crippen LogP contribution in [0.4, 0.5) is 30.2 Å². The van der Waals surface area contributed by atoms with E-state index in [1.165, 1.54) is 42.5 Å². The fourth-order valence-electron chi connectivity index (χ4n) is 1.92. The first kappa shape index (κ1) is 17.3. The van der Waals surface area contributed by atoms with Crippen molar-refractivity contribution in [3.8, 4) is 0 Å². The van der Waals surface area contributed by atoms with Crippen molar-refractivity contribution >= 4 is 23.0 Å². The molecule has 0 aliphatic rings. The Morgan fingerprint density at radius 1 is 1.12 bits per heavy atom. The summed E-state index contributed by atoms with van der Waals surface area (Å²) in [7, 11) is 0. The summed E-state index contributed by atoms with van der Waals surface area (Å²) in [6.45, 7) is -1.45. The van der Waals surface area contributed by atoms with Gasteiger partial charge in [0.15, 0.2) is 0 Å². The molecule has 2 N–H and O–H groups in total. The van der Waals surface area contributed by atoms with Crippen LogP contribution in [0, 0.1) is 10.1 Å². The summed E-state index contributed by atoms with van der Waals surface area (Å²) >= 11 is 0. The predicted octanol–water partition coefficient (Wildman–Crippen LogP) is 3.63. The molecule has 0 aliphatic heterocycles. The van der Waals surface area contributed by atoms with Crippen molar-refractivity contribution < 1.29 is 22.9 Å². The van der Waals surface area contributed by atoms with Gasteiger partial charge in [0.1, 0.15) is 6.54 Å². The Bertz CT molecular complexity index is 763. The average Bonchev–Trinajstić information content (AvgIpc) is 2.52. The smallest absolute Gasteiger partial charge is 0.355 e. The maximum atomic E-state index is 12.2. The molecule has 0 saturated heterocycles. The first-order valence-corrected chi connectivity index (χ1v) is 6.72. The lowest BCUT2D eigenvalue weighted by Gasteiger charge is -2.13. The van der Waals surface area contributed by atoms with Gasteiger partial charge in [0, 0.05) is 17.8 Å². The normalized spacial score (nSPS) is 11.0. The molecule has 24 heavy (non-hydrogen) atoms. The van der Waals surface area contributed by atoms with Crippen LogP contribution in [0.25, 0.3) is 0 Å². The van der Waals surface area contributed by atoms with Gasteiger partial charge in [0.05, 0.1) is 16.2 Å². The van der Waals surface area contributed by atoms with Crippen LogP contribution in [0.1, 0.15) is 10.4 Å². The van der Waals surface area contributed by atoms with Gasteiger partial charge in [0.2, 0.25) is 0 Å². The van der Waals surface area contributed by atoms with Crippen LogP contribution in [-0.2, 0) is 0 Å². The molecule has 2 aromatic carbocycles. The molecule has 126 valence electrons. The highest BCUT2D eigenvalue weighted by molar-refractivity contribution is 6.00. The van der Waals surface area contributed by atoms with Crippen molar-refractivity contribution in [1.82, 2.24) is 5.32 Å². The number of hydrogen-bond acceptors (Lipinski definition) is 4. The van der Waals surface area contributed by atoms with Gasteiger partial charge in [-0.3, -0.25) is 14.9 Å². The maximum Gasteiger partial charge on any atom is 0.405 e. The van der Waals surface area contributed by atoms with E-state index in [0.717, 1.165) is 0 Å². The molecule has 0 aliphatic carbocycles. The summed E-state index contributed by atoms with van der Waals surface area (Å²) < 4.78 is 36.6. The molecule has 9 heteroatoms. The highest BCUT2D eigenvalue weighted by Crippen LogP contribution is 2.24. The molecule has 0 spiro atoms. The molecule has 2 rings (SSSR count). The van der Waals surface area contributed by atoms with Crippen LogP contribution in [-0.4, -0.2) is 23.6 Å². The summed E-state index contributed by atoms with van der Waals surface area (Å²) in [4.78, 5) is 22.1. The predicted molar refractivity (Wildman–Crippen MR) is 81.2 cm³/mol. The van der Waals surface area contributed by atoms with E-state index >= 15 is 0 Å². The van der Waals surface area contributed by atoms with Gasteiger partial charge in [-0.2, -0.15) is 13.2 Å². The number of non-ortho nitro benzene ring substituents is 1. The molecule has 0 aromatic heterocycles. The minimum absolute atomic E-state index is 0.00624. The quantitative estimate of drug-likeness (QED) is 0.643. The fourth-order valence-corrected chi connectivity index (χ4v) is 1.92. The number of amides is 1. The van der Waals surface area contributed by atoms with Crippen molar-refractivity contribution in [2.75, 3.05) is 11.9 Å². The zero-order valence-corrected chi connectivity index (χ0v) is 12.1. The Morgan fingerprint density at radius 2 is 1.83 bits per heavy atom. The zero-order valence-electron chi connectivity index (χ0n) is 12.1. The minimum atomic E-state index is -4.52. The molecule has 0 atom stereocenters. The summed E-state index contributed by atoms with van der Waals surface area (Å²) in [5, 5.41) is 15.3. The number of nitrogens with one attached hydrogen (secondary N) is 2. The second-order valence-electron chi connectivity index (χ2n) is 4.78. The maximum absolute atomic E-state index is 12.2. The van der Waals surface area contributed by atoms with Crippen LogP contribution in [0.5, 0.6) is 0 Å². The monoisotopic (exact) mass is 339 g/mol. The molecule has 0 heterocycles. The Balaban J connectivity index is 2.21. The standard InChI is InChI=1S/C15H12F3N3O3/c16-15(17,18)9-19-14(22)12-6-1-2-7-13(12)20-10-4-3-5-11(8-10)21(23)24/h1-8,20H,9H2,(H,19,22). The number of rotatable bonds is 5. The fraction of sp³-hybridized carbons (Fsp3) is 0.133. The molecule has 0 bridgehead atoms. The van der Waals surface area contributed by atoms with Crippen LogP contribution < -0.4 is 10.6 Å². The van der Waals surface area contributed by atoms with Gasteiger partial charge < -0.3 is 10.6 Å². The molecule has 0 saturated carbocycles. The molecule has 6 nitrogen and oxygen atoms in total. The van der Waals surface area contributed by atoms with Crippen LogP contribution in [0.2, 0.25) is 0 Å². The molecular formula is C15H12F3N3O3. The number of carbonyl (C=O) groups is 1. The molecule has 0 unspecified atom stereocenters. The lowest BCUT2D eigenvalue weighted by atomic mass is 10.1.